The molecule has 6 nitrogen and oxygen atoms in total. The van der Waals surface area contributed by atoms with Crippen molar-refractivity contribution in [3.05, 3.63) is 136 Å². The van der Waals surface area contributed by atoms with Crippen LogP contribution in [0.4, 0.5) is 4.39 Å². The SMILES string of the molecule is CCOC(=O)C1=C(C)N=c2s/c(=C\c3cn(Cc4ccc(Cl)c(Cl)c4)c4ccccc34)c(=O)n2[C@H]1c1ccc(F)cc1. The van der Waals surface area contributed by atoms with Crippen LogP contribution in [0.5, 0.6) is 0 Å². The van der Waals surface area contributed by atoms with Gasteiger partial charge in [-0.3, -0.25) is 9.36 Å². The van der Waals surface area contributed by atoms with Crippen LogP contribution >= 0.6 is 34.5 Å². The van der Waals surface area contributed by atoms with Crippen LogP contribution in [0.2, 0.25) is 10.0 Å². The van der Waals surface area contributed by atoms with E-state index in [0.717, 1.165) is 22.0 Å². The van der Waals surface area contributed by atoms with Gasteiger partial charge in [0, 0.05) is 29.2 Å². The van der Waals surface area contributed by atoms with Crippen LogP contribution in [0.1, 0.15) is 36.6 Å². The summed E-state index contributed by atoms with van der Waals surface area (Å²) in [5.41, 5.74) is 3.82. The van der Waals surface area contributed by atoms with E-state index in [1.165, 1.54) is 28.0 Å². The molecule has 0 aliphatic carbocycles. The third kappa shape index (κ3) is 5.11. The first kappa shape index (κ1) is 28.2. The van der Waals surface area contributed by atoms with Crippen LogP contribution in [0.15, 0.2) is 94.0 Å². The fourth-order valence-electron chi connectivity index (χ4n) is 5.25. The van der Waals surface area contributed by atoms with Crippen molar-refractivity contribution >= 4 is 57.5 Å². The van der Waals surface area contributed by atoms with Crippen molar-refractivity contribution in [3.8, 4) is 0 Å². The van der Waals surface area contributed by atoms with Crippen LogP contribution in [-0.4, -0.2) is 21.7 Å². The van der Waals surface area contributed by atoms with Crippen molar-refractivity contribution in [1.82, 2.24) is 9.13 Å². The van der Waals surface area contributed by atoms with Crippen molar-refractivity contribution in [2.24, 2.45) is 4.99 Å². The summed E-state index contributed by atoms with van der Waals surface area (Å²) < 4.78 is 23.2. The molecule has 3 heterocycles. The fourth-order valence-corrected chi connectivity index (χ4v) is 6.61. The highest BCUT2D eigenvalue weighted by Crippen LogP contribution is 2.31. The Balaban J connectivity index is 1.50. The number of hydrogen-bond acceptors (Lipinski definition) is 5. The Morgan fingerprint density at radius 1 is 1.10 bits per heavy atom. The van der Waals surface area contributed by atoms with Crippen LogP contribution in [0.3, 0.4) is 0 Å². The van der Waals surface area contributed by atoms with Gasteiger partial charge in [-0.2, -0.15) is 0 Å². The number of fused-ring (bicyclic) bond motifs is 2. The predicted octanol–water partition coefficient (Wildman–Crippen LogP) is 6.25. The Labute approximate surface area is 254 Å². The van der Waals surface area contributed by atoms with Gasteiger partial charge in [-0.25, -0.2) is 14.2 Å². The number of rotatable bonds is 6. The molecule has 0 fully saturated rings. The standard InChI is InChI=1S/C32H24Cl2FN3O3S/c1-3-41-31(40)28-18(2)36-32-38(29(28)20-9-11-22(35)12-10-20)30(39)27(42-32)15-21-17-37(26-7-5-4-6-23(21)26)16-19-8-13-24(33)25(34)14-19/h4-15,17,29H,3,16H2,1-2H3/b27-15-/t29-/m0/s1. The van der Waals surface area contributed by atoms with E-state index in [4.69, 9.17) is 27.9 Å². The molecule has 0 amide bonds. The van der Waals surface area contributed by atoms with Crippen molar-refractivity contribution in [1.29, 1.82) is 0 Å². The third-order valence-electron chi connectivity index (χ3n) is 7.15. The Hall–Kier alpha value is -3.98. The van der Waals surface area contributed by atoms with E-state index in [0.29, 0.717) is 37.2 Å². The number of carbonyl (C=O) groups excluding carboxylic acids is 1. The first-order chi connectivity index (χ1) is 20.2. The molecule has 1 aliphatic heterocycles. The number of aromatic nitrogens is 2. The van der Waals surface area contributed by atoms with Crippen molar-refractivity contribution in [2.45, 2.75) is 26.4 Å². The molecule has 10 heteroatoms. The van der Waals surface area contributed by atoms with Gasteiger partial charge in [0.1, 0.15) is 5.82 Å². The minimum atomic E-state index is -0.806. The number of allylic oxidation sites excluding steroid dienone is 1. The molecule has 0 saturated carbocycles. The van der Waals surface area contributed by atoms with E-state index < -0.39 is 17.8 Å². The Morgan fingerprint density at radius 3 is 2.60 bits per heavy atom. The second-order valence-corrected chi connectivity index (χ2v) is 11.7. The number of benzene rings is 3. The lowest BCUT2D eigenvalue weighted by Crippen LogP contribution is -2.39. The topological polar surface area (TPSA) is 65.6 Å². The zero-order valence-electron chi connectivity index (χ0n) is 22.6. The molecule has 0 N–H and O–H groups in total. The highest BCUT2D eigenvalue weighted by Gasteiger charge is 2.33. The van der Waals surface area contributed by atoms with Crippen molar-refractivity contribution in [3.63, 3.8) is 0 Å². The maximum atomic E-state index is 14.0. The largest absolute Gasteiger partial charge is 0.463 e. The monoisotopic (exact) mass is 619 g/mol. The van der Waals surface area contributed by atoms with E-state index in [1.54, 1.807) is 32.0 Å². The molecule has 2 aromatic heterocycles. The predicted molar refractivity (Wildman–Crippen MR) is 164 cm³/mol. The smallest absolute Gasteiger partial charge is 0.338 e. The van der Waals surface area contributed by atoms with Crippen molar-refractivity contribution < 1.29 is 13.9 Å². The summed E-state index contributed by atoms with van der Waals surface area (Å²) in [5.74, 6) is -0.977. The normalized spacial score (nSPS) is 15.2. The van der Waals surface area contributed by atoms with Crippen LogP contribution in [-0.2, 0) is 16.1 Å². The highest BCUT2D eigenvalue weighted by molar-refractivity contribution is 7.07. The first-order valence-corrected chi connectivity index (χ1v) is 14.8. The highest BCUT2D eigenvalue weighted by atomic mass is 35.5. The second kappa shape index (κ2) is 11.4. The van der Waals surface area contributed by atoms with Crippen LogP contribution in [0.25, 0.3) is 17.0 Å². The number of hydrogen-bond donors (Lipinski definition) is 0. The summed E-state index contributed by atoms with van der Waals surface area (Å²) in [6.45, 7) is 4.16. The average Bonchev–Trinajstić information content (AvgIpc) is 3.47. The molecule has 5 aromatic rings. The lowest BCUT2D eigenvalue weighted by Gasteiger charge is -2.24. The fraction of sp³-hybridized carbons (Fsp3) is 0.156. The zero-order chi connectivity index (χ0) is 29.5. The number of para-hydroxylation sites is 1. The average molecular weight is 621 g/mol. The van der Waals surface area contributed by atoms with E-state index in [-0.39, 0.29) is 17.7 Å². The molecule has 6 rings (SSSR count). The lowest BCUT2D eigenvalue weighted by molar-refractivity contribution is -0.139. The van der Waals surface area contributed by atoms with Gasteiger partial charge in [0.05, 0.1) is 38.5 Å². The van der Waals surface area contributed by atoms with Crippen LogP contribution in [0, 0.1) is 5.82 Å². The molecular weight excluding hydrogens is 596 g/mol. The zero-order valence-corrected chi connectivity index (χ0v) is 24.9. The molecule has 0 spiro atoms. The summed E-state index contributed by atoms with van der Waals surface area (Å²) in [5, 5.41) is 1.95. The minimum Gasteiger partial charge on any atom is -0.463 e. The Morgan fingerprint density at radius 2 is 1.86 bits per heavy atom. The van der Waals surface area contributed by atoms with Gasteiger partial charge in [-0.15, -0.1) is 0 Å². The van der Waals surface area contributed by atoms with Crippen LogP contribution < -0.4 is 14.9 Å². The molecule has 212 valence electrons. The molecule has 0 bridgehead atoms. The number of thiazole rings is 1. The van der Waals surface area contributed by atoms with Gasteiger partial charge >= 0.3 is 5.97 Å². The van der Waals surface area contributed by atoms with Gasteiger partial charge in [0.25, 0.3) is 5.56 Å². The van der Waals surface area contributed by atoms with Gasteiger partial charge < -0.3 is 9.30 Å². The Bertz CT molecular complexity index is 2080. The molecule has 42 heavy (non-hydrogen) atoms. The molecule has 0 radical (unpaired) electrons. The molecule has 3 aromatic carbocycles. The van der Waals surface area contributed by atoms with Crippen molar-refractivity contribution in [2.75, 3.05) is 6.61 Å². The van der Waals surface area contributed by atoms with E-state index in [1.807, 2.05) is 48.7 Å². The molecule has 1 aliphatic rings. The summed E-state index contributed by atoms with van der Waals surface area (Å²) >= 11 is 13.6. The molecule has 0 saturated heterocycles. The summed E-state index contributed by atoms with van der Waals surface area (Å²) in [6, 6.07) is 18.5. The summed E-state index contributed by atoms with van der Waals surface area (Å²) in [6.07, 6.45) is 3.85. The molecule has 0 unspecified atom stereocenters. The minimum absolute atomic E-state index is 0.169. The van der Waals surface area contributed by atoms with Gasteiger partial charge in [0.2, 0.25) is 0 Å². The van der Waals surface area contributed by atoms with E-state index in [9.17, 15) is 14.0 Å². The summed E-state index contributed by atoms with van der Waals surface area (Å²) in [4.78, 5) is 32.1. The Kier molecular flexibility index (Phi) is 7.62. The number of esters is 1. The van der Waals surface area contributed by atoms with Gasteiger partial charge in [-0.05, 0) is 61.4 Å². The summed E-state index contributed by atoms with van der Waals surface area (Å²) in [7, 11) is 0. The quantitative estimate of drug-likeness (QED) is 0.211. The number of carbonyl (C=O) groups is 1. The second-order valence-electron chi connectivity index (χ2n) is 9.83. The molecule has 1 atom stereocenters. The number of halogens is 3. The maximum Gasteiger partial charge on any atom is 0.338 e. The van der Waals surface area contributed by atoms with E-state index >= 15 is 0 Å². The number of nitrogens with zero attached hydrogens (tertiary/aromatic N) is 3. The lowest BCUT2D eigenvalue weighted by atomic mass is 9.96. The maximum absolute atomic E-state index is 14.0. The first-order valence-electron chi connectivity index (χ1n) is 13.2. The third-order valence-corrected chi connectivity index (χ3v) is 8.87. The van der Waals surface area contributed by atoms with E-state index in [2.05, 4.69) is 9.56 Å². The van der Waals surface area contributed by atoms with Gasteiger partial charge in [-0.1, -0.05) is 70.9 Å². The molecular formula is C32H24Cl2FN3O3S. The van der Waals surface area contributed by atoms with Gasteiger partial charge in [0.15, 0.2) is 4.80 Å². The number of ether oxygens (including phenoxy) is 1.